The molecular formula is C24H25ClFN7O. The maximum Gasteiger partial charge on any atom is 0.264 e. The molecule has 0 saturated carbocycles. The van der Waals surface area contributed by atoms with Crippen molar-refractivity contribution in [3.05, 3.63) is 47.0 Å². The first-order valence-corrected chi connectivity index (χ1v) is 11.3. The Balaban J connectivity index is 1.74. The summed E-state index contributed by atoms with van der Waals surface area (Å²) in [7, 11) is 0. The number of hydrogen-bond donors (Lipinski definition) is 1. The minimum absolute atomic E-state index is 0.00903. The molecule has 1 aliphatic heterocycles. The van der Waals surface area contributed by atoms with Crippen LogP contribution in [-0.4, -0.2) is 43.6 Å². The molecule has 3 heterocycles. The number of halogens is 2. The van der Waals surface area contributed by atoms with E-state index in [9.17, 15) is 14.4 Å². The van der Waals surface area contributed by atoms with Crippen molar-refractivity contribution < 1.29 is 9.18 Å². The number of nitrogens with two attached hydrogens (primary N) is 1. The summed E-state index contributed by atoms with van der Waals surface area (Å²) in [6, 6.07) is 6.27. The van der Waals surface area contributed by atoms with Gasteiger partial charge in [0.1, 0.15) is 35.3 Å². The first kappa shape index (κ1) is 23.6. The van der Waals surface area contributed by atoms with Crippen molar-refractivity contribution in [3.8, 4) is 17.3 Å². The monoisotopic (exact) mass is 481 g/mol. The number of allylic oxidation sites excluding steroid dienone is 1. The first-order chi connectivity index (χ1) is 16.1. The van der Waals surface area contributed by atoms with Crippen LogP contribution in [0.25, 0.3) is 22.3 Å². The van der Waals surface area contributed by atoms with Crippen LogP contribution in [0.4, 0.5) is 10.2 Å². The summed E-state index contributed by atoms with van der Waals surface area (Å²) in [5, 5.41) is 14.8. The quantitative estimate of drug-likeness (QED) is 0.434. The molecule has 0 aliphatic carbocycles. The van der Waals surface area contributed by atoms with Gasteiger partial charge in [0, 0.05) is 18.7 Å². The summed E-state index contributed by atoms with van der Waals surface area (Å²) in [4.78, 5) is 23.3. The van der Waals surface area contributed by atoms with Crippen LogP contribution in [0.2, 0.25) is 5.02 Å². The van der Waals surface area contributed by atoms with Crippen molar-refractivity contribution in [2.75, 3.05) is 18.8 Å². The molecule has 0 bridgehead atoms. The van der Waals surface area contributed by atoms with E-state index >= 15 is 0 Å². The van der Waals surface area contributed by atoms with Gasteiger partial charge in [0.05, 0.1) is 16.5 Å². The highest BCUT2D eigenvalue weighted by Gasteiger charge is 2.30. The Labute approximate surface area is 201 Å². The second-order valence-electron chi connectivity index (χ2n) is 9.46. The number of amides is 1. The molecule has 1 fully saturated rings. The van der Waals surface area contributed by atoms with Crippen molar-refractivity contribution >= 4 is 34.4 Å². The number of hydrogen-bond acceptors (Lipinski definition) is 6. The van der Waals surface area contributed by atoms with Crippen molar-refractivity contribution in [1.29, 1.82) is 5.26 Å². The van der Waals surface area contributed by atoms with Crippen molar-refractivity contribution in [2.45, 2.75) is 39.7 Å². The average molecular weight is 482 g/mol. The molecular weight excluding hydrogens is 457 g/mol. The average Bonchev–Trinajstić information content (AvgIpc) is 3.19. The molecule has 1 saturated heterocycles. The van der Waals surface area contributed by atoms with Crippen LogP contribution in [0.15, 0.2) is 36.2 Å². The third kappa shape index (κ3) is 4.59. The van der Waals surface area contributed by atoms with Gasteiger partial charge >= 0.3 is 0 Å². The van der Waals surface area contributed by atoms with E-state index in [0.717, 1.165) is 12.8 Å². The molecule has 3 aromatic rings. The van der Waals surface area contributed by atoms with E-state index in [-0.39, 0.29) is 33.8 Å². The topological polar surface area (TPSA) is 114 Å². The number of benzene rings is 1. The molecule has 0 spiro atoms. The minimum atomic E-state index is -0.568. The molecule has 34 heavy (non-hydrogen) atoms. The highest BCUT2D eigenvalue weighted by atomic mass is 35.5. The molecule has 1 unspecified atom stereocenters. The smallest absolute Gasteiger partial charge is 0.264 e. The van der Waals surface area contributed by atoms with Crippen LogP contribution >= 0.6 is 11.6 Å². The second kappa shape index (κ2) is 9.03. The number of anilines is 1. The molecule has 1 aromatic carbocycles. The number of nitrogens with zero attached hydrogens (tertiary/aromatic N) is 6. The lowest BCUT2D eigenvalue weighted by molar-refractivity contribution is -0.128. The van der Waals surface area contributed by atoms with Crippen LogP contribution in [-0.2, 0) is 4.79 Å². The number of aromatic nitrogens is 4. The number of carbonyl (C=O) groups is 1. The van der Waals surface area contributed by atoms with E-state index in [1.165, 1.54) is 18.5 Å². The van der Waals surface area contributed by atoms with E-state index in [1.807, 2.05) is 26.8 Å². The number of nitrogen functional groups attached to an aromatic ring is 1. The van der Waals surface area contributed by atoms with E-state index in [4.69, 9.17) is 22.4 Å². The fourth-order valence-electron chi connectivity index (χ4n) is 4.18. The predicted octanol–water partition coefficient (Wildman–Crippen LogP) is 4.53. The van der Waals surface area contributed by atoms with E-state index < -0.39 is 5.82 Å². The van der Waals surface area contributed by atoms with Crippen LogP contribution in [0.3, 0.4) is 0 Å². The van der Waals surface area contributed by atoms with Gasteiger partial charge in [-0.1, -0.05) is 44.5 Å². The molecule has 10 heteroatoms. The van der Waals surface area contributed by atoms with E-state index in [2.05, 4.69) is 9.97 Å². The number of piperidine rings is 1. The Morgan fingerprint density at radius 3 is 2.79 bits per heavy atom. The molecule has 8 nitrogen and oxygen atoms in total. The molecule has 2 N–H and O–H groups in total. The normalized spacial score (nSPS) is 17.1. The van der Waals surface area contributed by atoms with E-state index in [1.54, 1.807) is 21.7 Å². The molecule has 176 valence electrons. The molecule has 1 atom stereocenters. The van der Waals surface area contributed by atoms with Gasteiger partial charge in [-0.3, -0.25) is 4.79 Å². The number of rotatable bonds is 3. The van der Waals surface area contributed by atoms with Gasteiger partial charge in [-0.2, -0.15) is 10.4 Å². The van der Waals surface area contributed by atoms with Gasteiger partial charge in [0.2, 0.25) is 0 Å². The van der Waals surface area contributed by atoms with Gasteiger partial charge in [0.15, 0.2) is 5.65 Å². The van der Waals surface area contributed by atoms with Crippen LogP contribution in [0, 0.1) is 22.6 Å². The first-order valence-electron chi connectivity index (χ1n) is 11.0. The summed E-state index contributed by atoms with van der Waals surface area (Å²) in [5.41, 5.74) is 7.43. The predicted molar refractivity (Wildman–Crippen MR) is 128 cm³/mol. The molecule has 4 rings (SSSR count). The van der Waals surface area contributed by atoms with Gasteiger partial charge in [0.25, 0.3) is 5.91 Å². The minimum Gasteiger partial charge on any atom is -0.383 e. The third-order valence-corrected chi connectivity index (χ3v) is 5.98. The van der Waals surface area contributed by atoms with Crippen LogP contribution < -0.4 is 5.73 Å². The lowest BCUT2D eigenvalue weighted by atomic mass is 9.93. The Bertz CT molecular complexity index is 1340. The Morgan fingerprint density at radius 2 is 2.12 bits per heavy atom. The SMILES string of the molecule is CC(C)(C)C=C(C#N)C(=O)N1CCCC(n2nc(-c3ccc(Cl)c(F)c3)c3c(N)ncnc32)C1. The van der Waals surface area contributed by atoms with Crippen molar-refractivity contribution in [3.63, 3.8) is 0 Å². The standard InChI is InChI=1S/C24H25ClFN7O/c1-24(2,3)10-15(11-27)23(34)32-8-4-5-16(12-32)33-22-19(21(28)29-13-30-22)20(31-33)14-6-7-17(25)18(26)9-14/h6-7,9-10,13,16H,4-5,8,12H2,1-3H3,(H2,28,29,30). The lowest BCUT2D eigenvalue weighted by Gasteiger charge is -2.33. The zero-order chi connectivity index (χ0) is 24.6. The summed E-state index contributed by atoms with van der Waals surface area (Å²) in [5.74, 6) is -0.639. The number of fused-ring (bicyclic) bond motifs is 1. The Kier molecular flexibility index (Phi) is 6.28. The highest BCUT2D eigenvalue weighted by molar-refractivity contribution is 6.30. The van der Waals surface area contributed by atoms with Crippen LogP contribution in [0.1, 0.15) is 39.7 Å². The highest BCUT2D eigenvalue weighted by Crippen LogP contribution is 2.35. The Morgan fingerprint density at radius 1 is 1.35 bits per heavy atom. The number of likely N-dealkylation sites (tertiary alicyclic amines) is 1. The zero-order valence-corrected chi connectivity index (χ0v) is 20.0. The summed E-state index contributed by atoms with van der Waals surface area (Å²) < 4.78 is 15.9. The second-order valence-corrected chi connectivity index (χ2v) is 9.87. The lowest BCUT2D eigenvalue weighted by Crippen LogP contribution is -2.41. The fourth-order valence-corrected chi connectivity index (χ4v) is 4.30. The van der Waals surface area contributed by atoms with Gasteiger partial charge in [-0.25, -0.2) is 19.0 Å². The third-order valence-electron chi connectivity index (χ3n) is 5.67. The summed E-state index contributed by atoms with van der Waals surface area (Å²) >= 11 is 5.85. The van der Waals surface area contributed by atoms with Crippen molar-refractivity contribution in [2.24, 2.45) is 5.41 Å². The van der Waals surface area contributed by atoms with Gasteiger partial charge < -0.3 is 10.6 Å². The van der Waals surface area contributed by atoms with Crippen LogP contribution in [0.5, 0.6) is 0 Å². The van der Waals surface area contributed by atoms with E-state index in [0.29, 0.717) is 35.4 Å². The van der Waals surface area contributed by atoms with Crippen molar-refractivity contribution in [1.82, 2.24) is 24.6 Å². The van der Waals surface area contributed by atoms with Gasteiger partial charge in [-0.05, 0) is 30.4 Å². The molecule has 2 aromatic heterocycles. The fraction of sp³-hybridized carbons (Fsp3) is 0.375. The Hall–Kier alpha value is -3.51. The maximum absolute atomic E-state index is 14.2. The number of carbonyl (C=O) groups excluding carboxylic acids is 1. The summed E-state index contributed by atoms with van der Waals surface area (Å²) in [6.45, 7) is 6.73. The molecule has 1 amide bonds. The molecule has 1 aliphatic rings. The maximum atomic E-state index is 14.2. The molecule has 0 radical (unpaired) electrons. The zero-order valence-electron chi connectivity index (χ0n) is 19.2. The summed E-state index contributed by atoms with van der Waals surface area (Å²) in [6.07, 6.45) is 4.54. The largest absolute Gasteiger partial charge is 0.383 e. The number of nitriles is 1. The van der Waals surface area contributed by atoms with Gasteiger partial charge in [-0.15, -0.1) is 0 Å².